The van der Waals surface area contributed by atoms with E-state index < -0.39 is 0 Å². The van der Waals surface area contributed by atoms with Crippen molar-refractivity contribution < 1.29 is 14.3 Å². The van der Waals surface area contributed by atoms with Crippen molar-refractivity contribution in [2.75, 3.05) is 77.1 Å². The quantitative estimate of drug-likeness (QED) is 0.524. The van der Waals surface area contributed by atoms with Crippen LogP contribution in [0.5, 0.6) is 0 Å². The van der Waals surface area contributed by atoms with Gasteiger partial charge in [0, 0.05) is 59.1 Å². The van der Waals surface area contributed by atoms with Crippen LogP contribution in [0.15, 0.2) is 12.4 Å². The number of carbonyl (C=O) groups is 1. The molecule has 0 spiro atoms. The third kappa shape index (κ3) is 4.74. The van der Waals surface area contributed by atoms with Gasteiger partial charge in [-0.05, 0) is 6.92 Å². The van der Waals surface area contributed by atoms with Gasteiger partial charge in [-0.25, -0.2) is 15.0 Å². The fourth-order valence-electron chi connectivity index (χ4n) is 4.29. The van der Waals surface area contributed by atoms with Crippen LogP contribution in [0, 0.1) is 0 Å². The zero-order valence-electron chi connectivity index (χ0n) is 19.7. The van der Waals surface area contributed by atoms with Crippen LogP contribution in [0.1, 0.15) is 17.5 Å². The second-order valence-electron chi connectivity index (χ2n) is 8.49. The Morgan fingerprint density at radius 1 is 1.09 bits per heavy atom. The van der Waals surface area contributed by atoms with Gasteiger partial charge in [0.15, 0.2) is 28.6 Å². The Kier molecular flexibility index (Phi) is 6.70. The van der Waals surface area contributed by atoms with Gasteiger partial charge in [-0.15, -0.1) is 0 Å². The van der Waals surface area contributed by atoms with Crippen LogP contribution in [-0.4, -0.2) is 118 Å². The van der Waals surface area contributed by atoms with E-state index >= 15 is 0 Å². The minimum absolute atomic E-state index is 0.135. The Morgan fingerprint density at radius 2 is 1.82 bits per heavy atom. The molecule has 0 unspecified atom stereocenters. The van der Waals surface area contributed by atoms with E-state index in [4.69, 9.17) is 14.5 Å². The zero-order chi connectivity index (χ0) is 23.5. The Balaban J connectivity index is 1.44. The van der Waals surface area contributed by atoms with Gasteiger partial charge in [0.2, 0.25) is 0 Å². The Labute approximate surface area is 197 Å². The maximum absolute atomic E-state index is 13.4. The van der Waals surface area contributed by atoms with Crippen LogP contribution in [0.4, 0.5) is 5.82 Å². The van der Waals surface area contributed by atoms with E-state index in [1.165, 1.54) is 0 Å². The molecule has 2 saturated heterocycles. The van der Waals surface area contributed by atoms with Crippen molar-refractivity contribution in [2.45, 2.75) is 6.92 Å². The summed E-state index contributed by atoms with van der Waals surface area (Å²) in [5, 5.41) is 4.25. The SMILES string of the molecule is CCN(CCN1CCOCC1)C(=O)c1nc2c(N3CCOCC3)nc(-c3cnn(C)c3)nc2[nH]1. The number of morpholine rings is 2. The Hall–Kier alpha value is -3.09. The number of likely N-dealkylation sites (N-methyl/N-ethyl adjacent to an activating group) is 1. The van der Waals surface area contributed by atoms with E-state index in [0.717, 1.165) is 38.4 Å². The third-order valence-electron chi connectivity index (χ3n) is 6.26. The summed E-state index contributed by atoms with van der Waals surface area (Å²) in [5.74, 6) is 1.40. The number of rotatable bonds is 7. The summed E-state index contributed by atoms with van der Waals surface area (Å²) >= 11 is 0. The molecule has 0 aromatic carbocycles. The summed E-state index contributed by atoms with van der Waals surface area (Å²) in [7, 11) is 1.86. The highest BCUT2D eigenvalue weighted by Gasteiger charge is 2.25. The van der Waals surface area contributed by atoms with E-state index in [2.05, 4.69) is 29.9 Å². The summed E-state index contributed by atoms with van der Waals surface area (Å²) in [6.07, 6.45) is 3.61. The number of hydrogen-bond donors (Lipinski definition) is 1. The number of aryl methyl sites for hydroxylation is 1. The number of imidazole rings is 1. The first-order chi connectivity index (χ1) is 16.6. The maximum Gasteiger partial charge on any atom is 0.289 e. The van der Waals surface area contributed by atoms with Crippen LogP contribution in [0.3, 0.4) is 0 Å². The molecule has 0 atom stereocenters. The number of nitrogens with zero attached hydrogens (tertiary/aromatic N) is 8. The van der Waals surface area contributed by atoms with Crippen molar-refractivity contribution in [3.8, 4) is 11.4 Å². The van der Waals surface area contributed by atoms with Crippen LogP contribution in [0.2, 0.25) is 0 Å². The Morgan fingerprint density at radius 3 is 2.50 bits per heavy atom. The summed E-state index contributed by atoms with van der Waals surface area (Å²) in [6.45, 7) is 9.95. The molecule has 5 heterocycles. The van der Waals surface area contributed by atoms with Crippen molar-refractivity contribution in [3.63, 3.8) is 0 Å². The monoisotopic (exact) mass is 469 g/mol. The van der Waals surface area contributed by atoms with E-state index in [-0.39, 0.29) is 11.7 Å². The number of anilines is 1. The molecule has 1 amide bonds. The third-order valence-corrected chi connectivity index (χ3v) is 6.26. The largest absolute Gasteiger partial charge is 0.379 e. The minimum atomic E-state index is -0.135. The number of hydrogen-bond acceptors (Lipinski definition) is 9. The van der Waals surface area contributed by atoms with Gasteiger partial charge in [-0.2, -0.15) is 5.10 Å². The number of carbonyl (C=O) groups excluding carboxylic acids is 1. The molecule has 3 aromatic rings. The number of H-pyrrole nitrogens is 1. The van der Waals surface area contributed by atoms with Crippen LogP contribution >= 0.6 is 0 Å². The van der Waals surface area contributed by atoms with Crippen molar-refractivity contribution in [3.05, 3.63) is 18.2 Å². The van der Waals surface area contributed by atoms with E-state index in [0.29, 0.717) is 62.2 Å². The van der Waals surface area contributed by atoms with Gasteiger partial charge in [0.25, 0.3) is 5.91 Å². The first kappa shape index (κ1) is 22.7. The molecule has 3 aromatic heterocycles. The van der Waals surface area contributed by atoms with E-state index in [1.54, 1.807) is 10.9 Å². The molecule has 0 bridgehead atoms. The molecule has 34 heavy (non-hydrogen) atoms. The highest BCUT2D eigenvalue weighted by molar-refractivity contribution is 5.96. The topological polar surface area (TPSA) is 118 Å². The zero-order valence-corrected chi connectivity index (χ0v) is 19.7. The highest BCUT2D eigenvalue weighted by atomic mass is 16.5. The number of aromatic amines is 1. The molecular formula is C22H31N9O3. The van der Waals surface area contributed by atoms with E-state index in [1.807, 2.05) is 25.1 Å². The number of ether oxygens (including phenoxy) is 2. The van der Waals surface area contributed by atoms with Crippen LogP contribution in [-0.2, 0) is 16.5 Å². The predicted molar refractivity (Wildman–Crippen MR) is 126 cm³/mol. The number of amides is 1. The van der Waals surface area contributed by atoms with Crippen molar-refractivity contribution in [2.24, 2.45) is 7.05 Å². The molecule has 0 saturated carbocycles. The Bertz CT molecular complexity index is 1130. The van der Waals surface area contributed by atoms with Gasteiger partial charge < -0.3 is 24.3 Å². The number of aromatic nitrogens is 6. The molecule has 2 aliphatic rings. The molecule has 5 rings (SSSR count). The average molecular weight is 470 g/mol. The van der Waals surface area contributed by atoms with Gasteiger partial charge in [-0.1, -0.05) is 0 Å². The lowest BCUT2D eigenvalue weighted by atomic mass is 10.3. The highest BCUT2D eigenvalue weighted by Crippen LogP contribution is 2.27. The molecule has 2 fully saturated rings. The first-order valence-corrected chi connectivity index (χ1v) is 11.8. The summed E-state index contributed by atoms with van der Waals surface area (Å²) < 4.78 is 12.7. The van der Waals surface area contributed by atoms with Gasteiger partial charge in [0.1, 0.15) is 0 Å². The molecule has 1 N–H and O–H groups in total. The lowest BCUT2D eigenvalue weighted by Crippen LogP contribution is -2.43. The molecule has 0 radical (unpaired) electrons. The summed E-state index contributed by atoms with van der Waals surface area (Å²) in [5.41, 5.74) is 1.95. The minimum Gasteiger partial charge on any atom is -0.379 e. The smallest absolute Gasteiger partial charge is 0.289 e. The number of fused-ring (bicyclic) bond motifs is 1. The van der Waals surface area contributed by atoms with Gasteiger partial charge in [0.05, 0.1) is 38.2 Å². The molecular weight excluding hydrogens is 438 g/mol. The van der Waals surface area contributed by atoms with Crippen LogP contribution in [0.25, 0.3) is 22.6 Å². The lowest BCUT2D eigenvalue weighted by Gasteiger charge is -2.29. The number of nitrogens with one attached hydrogen (secondary N) is 1. The van der Waals surface area contributed by atoms with Crippen molar-refractivity contribution in [1.29, 1.82) is 0 Å². The average Bonchev–Trinajstić information content (AvgIpc) is 3.51. The molecule has 12 nitrogen and oxygen atoms in total. The van der Waals surface area contributed by atoms with E-state index in [9.17, 15) is 4.79 Å². The standard InChI is InChI=1S/C22H31N9O3/c1-3-30(5-4-29-6-10-33-11-7-29)22(32)20-24-17-19(26-20)25-18(16-14-23-28(2)15-16)27-21(17)31-8-12-34-13-9-31/h14-15H,3-13H2,1-2H3,(H,24,25,26,27). The fourth-order valence-corrected chi connectivity index (χ4v) is 4.29. The second-order valence-corrected chi connectivity index (χ2v) is 8.49. The second kappa shape index (κ2) is 10.0. The maximum atomic E-state index is 13.4. The predicted octanol–water partition coefficient (Wildman–Crippen LogP) is 0.384. The summed E-state index contributed by atoms with van der Waals surface area (Å²) in [6, 6.07) is 0. The molecule has 2 aliphatic heterocycles. The lowest BCUT2D eigenvalue weighted by molar-refractivity contribution is 0.0327. The molecule has 182 valence electrons. The first-order valence-electron chi connectivity index (χ1n) is 11.8. The normalized spacial score (nSPS) is 17.4. The van der Waals surface area contributed by atoms with Crippen molar-refractivity contribution in [1.82, 2.24) is 39.5 Å². The van der Waals surface area contributed by atoms with Gasteiger partial charge >= 0.3 is 0 Å². The summed E-state index contributed by atoms with van der Waals surface area (Å²) in [4.78, 5) is 37.0. The molecule has 12 heteroatoms. The molecule has 0 aliphatic carbocycles. The van der Waals surface area contributed by atoms with Gasteiger partial charge in [-0.3, -0.25) is 14.4 Å². The van der Waals surface area contributed by atoms with Crippen molar-refractivity contribution >= 4 is 22.9 Å². The fraction of sp³-hybridized carbons (Fsp3) is 0.591. The van der Waals surface area contributed by atoms with Crippen LogP contribution < -0.4 is 4.90 Å².